The van der Waals surface area contributed by atoms with Crippen LogP contribution in [0.5, 0.6) is 0 Å². The van der Waals surface area contributed by atoms with E-state index in [1.165, 1.54) is 16.8 Å². The topological polar surface area (TPSA) is 42.9 Å². The van der Waals surface area contributed by atoms with Gasteiger partial charge in [0.1, 0.15) is 0 Å². The first-order valence-corrected chi connectivity index (χ1v) is 10.5. The summed E-state index contributed by atoms with van der Waals surface area (Å²) >= 11 is 0. The lowest BCUT2D eigenvalue weighted by molar-refractivity contribution is 0.221. The van der Waals surface area contributed by atoms with E-state index < -0.39 is 0 Å². The third kappa shape index (κ3) is 7.66. The zero-order valence-electron chi connectivity index (χ0n) is 17.9. The van der Waals surface area contributed by atoms with Crippen LogP contribution < -0.4 is 15.5 Å². The van der Waals surface area contributed by atoms with E-state index in [9.17, 15) is 0 Å². The highest BCUT2D eigenvalue weighted by Crippen LogP contribution is 2.19. The number of halogens is 1. The third-order valence-corrected chi connectivity index (χ3v) is 5.28. The maximum absolute atomic E-state index is 4.85. The molecular weight excluding hydrogens is 473 g/mol. The highest BCUT2D eigenvalue weighted by Gasteiger charge is 2.19. The van der Waals surface area contributed by atoms with Crippen molar-refractivity contribution in [1.29, 1.82) is 0 Å². The number of piperidine rings is 1. The van der Waals surface area contributed by atoms with Crippen molar-refractivity contribution in [2.24, 2.45) is 4.99 Å². The number of aliphatic imine (C=N–C) groups is 1. The summed E-state index contributed by atoms with van der Waals surface area (Å²) in [4.78, 5) is 9.71. The molecule has 5 nitrogen and oxygen atoms in total. The van der Waals surface area contributed by atoms with Gasteiger partial charge in [-0.1, -0.05) is 36.4 Å². The fraction of sp³-hybridized carbons (Fsp3) is 0.522. The Hall–Kier alpha value is -1.54. The fourth-order valence-electron chi connectivity index (χ4n) is 3.84. The van der Waals surface area contributed by atoms with Crippen molar-refractivity contribution >= 4 is 35.6 Å². The number of benzene rings is 1. The number of guanidine groups is 1. The van der Waals surface area contributed by atoms with Crippen LogP contribution in [0.3, 0.4) is 0 Å². The molecule has 0 spiro atoms. The van der Waals surface area contributed by atoms with Crippen LogP contribution in [0.1, 0.15) is 32.3 Å². The van der Waals surface area contributed by atoms with Gasteiger partial charge in [0.05, 0.1) is 6.54 Å². The van der Waals surface area contributed by atoms with Crippen molar-refractivity contribution in [2.45, 2.75) is 39.3 Å². The molecule has 29 heavy (non-hydrogen) atoms. The van der Waals surface area contributed by atoms with Crippen LogP contribution in [0.4, 0.5) is 5.69 Å². The highest BCUT2D eigenvalue weighted by atomic mass is 127. The van der Waals surface area contributed by atoms with E-state index in [1.807, 2.05) is 0 Å². The smallest absolute Gasteiger partial charge is 0.191 e. The average Bonchev–Trinajstić information content (AvgIpc) is 3.22. The Morgan fingerprint density at radius 2 is 1.93 bits per heavy atom. The van der Waals surface area contributed by atoms with Crippen LogP contribution >= 0.6 is 24.0 Å². The first-order chi connectivity index (χ1) is 13.6. The molecule has 2 N–H and O–H groups in total. The maximum atomic E-state index is 4.85. The predicted molar refractivity (Wildman–Crippen MR) is 135 cm³/mol. The van der Waals surface area contributed by atoms with Crippen LogP contribution in [-0.4, -0.2) is 56.2 Å². The van der Waals surface area contributed by atoms with Gasteiger partial charge in [-0.3, -0.25) is 4.90 Å². The van der Waals surface area contributed by atoms with Crippen molar-refractivity contribution in [3.05, 3.63) is 54.1 Å². The van der Waals surface area contributed by atoms with Crippen LogP contribution in [0, 0.1) is 0 Å². The molecule has 0 saturated carbocycles. The van der Waals surface area contributed by atoms with Crippen molar-refractivity contribution < 1.29 is 0 Å². The van der Waals surface area contributed by atoms with E-state index in [0.29, 0.717) is 12.6 Å². The van der Waals surface area contributed by atoms with Crippen molar-refractivity contribution in [3.8, 4) is 0 Å². The second-order valence-corrected chi connectivity index (χ2v) is 7.89. The molecule has 0 bridgehead atoms. The summed E-state index contributed by atoms with van der Waals surface area (Å²) in [5.41, 5.74) is 3.77. The molecule has 3 rings (SSSR count). The molecule has 6 heteroatoms. The van der Waals surface area contributed by atoms with E-state index in [2.05, 4.69) is 77.3 Å². The third-order valence-electron chi connectivity index (χ3n) is 5.28. The van der Waals surface area contributed by atoms with Crippen LogP contribution in [0.2, 0.25) is 0 Å². The van der Waals surface area contributed by atoms with Gasteiger partial charge in [0.2, 0.25) is 0 Å². The molecule has 0 atom stereocenters. The molecule has 1 aromatic carbocycles. The van der Waals surface area contributed by atoms with Gasteiger partial charge in [-0.25, -0.2) is 4.99 Å². The largest absolute Gasteiger partial charge is 0.364 e. The summed E-state index contributed by atoms with van der Waals surface area (Å²) in [6.45, 7) is 15.1. The Bertz CT molecular complexity index is 699. The number of hydrogen-bond donors (Lipinski definition) is 2. The number of likely N-dealkylation sites (tertiary alicyclic amines) is 1. The molecule has 0 aromatic heterocycles. The summed E-state index contributed by atoms with van der Waals surface area (Å²) in [6.07, 6.45) is 6.74. The lowest BCUT2D eigenvalue weighted by atomic mass is 10.0. The SMILES string of the molecule is C=C(C)CN1CCC(NC(=NCc2cccc(N3CC=CC3)c2)NCC)CC1.I. The standard InChI is InChI=1S/C23H35N5.HI/c1-4-24-23(26-21-10-14-27(15-11-21)18-19(2)3)25-17-20-8-7-9-22(16-20)28-12-5-6-13-28;/h5-9,16,21H,2,4,10-15,17-18H2,1,3H3,(H2,24,25,26);1H. The molecule has 160 valence electrons. The van der Waals surface area contributed by atoms with Gasteiger partial charge >= 0.3 is 0 Å². The van der Waals surface area contributed by atoms with Gasteiger partial charge in [-0.15, -0.1) is 24.0 Å². The summed E-state index contributed by atoms with van der Waals surface area (Å²) in [5, 5.41) is 7.04. The first kappa shape index (κ1) is 23.7. The molecule has 2 heterocycles. The Kier molecular flexibility index (Phi) is 10.0. The molecule has 0 aliphatic carbocycles. The molecular formula is C23H36IN5. The zero-order chi connectivity index (χ0) is 19.8. The molecule has 2 aliphatic heterocycles. The van der Waals surface area contributed by atoms with Gasteiger partial charge < -0.3 is 15.5 Å². The van der Waals surface area contributed by atoms with Crippen molar-refractivity contribution in [1.82, 2.24) is 15.5 Å². The quantitative estimate of drug-likeness (QED) is 0.254. The summed E-state index contributed by atoms with van der Waals surface area (Å²) in [7, 11) is 0. The molecule has 0 radical (unpaired) electrons. The van der Waals surface area contributed by atoms with Gasteiger partial charge in [-0.2, -0.15) is 0 Å². The number of rotatable bonds is 7. The van der Waals surface area contributed by atoms with Gasteiger partial charge in [0.15, 0.2) is 5.96 Å². The van der Waals surface area contributed by atoms with E-state index >= 15 is 0 Å². The van der Waals surface area contributed by atoms with Gasteiger partial charge in [0, 0.05) is 51.0 Å². The van der Waals surface area contributed by atoms with E-state index in [-0.39, 0.29) is 24.0 Å². The molecule has 1 fully saturated rings. The molecule has 2 aliphatic rings. The molecule has 1 saturated heterocycles. The predicted octanol–water partition coefficient (Wildman–Crippen LogP) is 3.78. The molecule has 0 amide bonds. The van der Waals surface area contributed by atoms with Gasteiger partial charge in [-0.05, 0) is 44.4 Å². The monoisotopic (exact) mass is 509 g/mol. The Labute approximate surface area is 193 Å². The summed E-state index contributed by atoms with van der Waals surface area (Å²) in [6, 6.07) is 9.23. The van der Waals surface area contributed by atoms with E-state index in [1.54, 1.807) is 0 Å². The minimum atomic E-state index is 0. The van der Waals surface area contributed by atoms with Crippen LogP contribution in [-0.2, 0) is 6.54 Å². The minimum absolute atomic E-state index is 0. The van der Waals surface area contributed by atoms with Crippen LogP contribution in [0.25, 0.3) is 0 Å². The van der Waals surface area contributed by atoms with Crippen LogP contribution in [0.15, 0.2) is 53.6 Å². The van der Waals surface area contributed by atoms with E-state index in [0.717, 1.165) is 58.1 Å². The zero-order valence-corrected chi connectivity index (χ0v) is 20.2. The minimum Gasteiger partial charge on any atom is -0.364 e. The number of nitrogens with one attached hydrogen (secondary N) is 2. The summed E-state index contributed by atoms with van der Waals surface area (Å²) in [5.74, 6) is 0.925. The molecule has 1 aromatic rings. The fourth-order valence-corrected chi connectivity index (χ4v) is 3.84. The Balaban J connectivity index is 0.00000300. The Morgan fingerprint density at radius 3 is 2.59 bits per heavy atom. The highest BCUT2D eigenvalue weighted by molar-refractivity contribution is 14.0. The van der Waals surface area contributed by atoms with E-state index in [4.69, 9.17) is 4.99 Å². The average molecular weight is 509 g/mol. The van der Waals surface area contributed by atoms with Gasteiger partial charge in [0.25, 0.3) is 0 Å². The second kappa shape index (κ2) is 12.2. The number of nitrogens with zero attached hydrogens (tertiary/aromatic N) is 3. The molecule has 0 unspecified atom stereocenters. The lowest BCUT2D eigenvalue weighted by Crippen LogP contribution is -2.48. The maximum Gasteiger partial charge on any atom is 0.191 e. The lowest BCUT2D eigenvalue weighted by Gasteiger charge is -2.33. The Morgan fingerprint density at radius 1 is 1.21 bits per heavy atom. The second-order valence-electron chi connectivity index (χ2n) is 7.89. The number of hydrogen-bond acceptors (Lipinski definition) is 3. The summed E-state index contributed by atoms with van der Waals surface area (Å²) < 4.78 is 0. The first-order valence-electron chi connectivity index (χ1n) is 10.5. The van der Waals surface area contributed by atoms with Crippen molar-refractivity contribution in [3.63, 3.8) is 0 Å². The normalized spacial score (nSPS) is 17.9. The number of anilines is 1. The van der Waals surface area contributed by atoms with Crippen molar-refractivity contribution in [2.75, 3.05) is 44.2 Å².